The summed E-state index contributed by atoms with van der Waals surface area (Å²) in [5, 5.41) is 3.02. The van der Waals surface area contributed by atoms with Crippen molar-refractivity contribution in [2.75, 3.05) is 24.6 Å². The SMILES string of the molecule is NCCNCc1nc(N)nc(N)n1. The molecule has 0 radical (unpaired) electrons. The summed E-state index contributed by atoms with van der Waals surface area (Å²) in [5.41, 5.74) is 16.0. The van der Waals surface area contributed by atoms with Gasteiger partial charge in [0.1, 0.15) is 5.82 Å². The molecule has 0 bridgehead atoms. The Labute approximate surface area is 75.8 Å². The monoisotopic (exact) mass is 183 g/mol. The molecule has 1 rings (SSSR count). The van der Waals surface area contributed by atoms with Gasteiger partial charge in [-0.2, -0.15) is 15.0 Å². The molecule has 0 aromatic carbocycles. The van der Waals surface area contributed by atoms with Crippen molar-refractivity contribution in [2.45, 2.75) is 6.54 Å². The van der Waals surface area contributed by atoms with Crippen molar-refractivity contribution in [3.63, 3.8) is 0 Å². The first-order valence-electron chi connectivity index (χ1n) is 3.89. The third-order valence-electron chi connectivity index (χ3n) is 1.32. The van der Waals surface area contributed by atoms with Gasteiger partial charge in [0, 0.05) is 13.1 Å². The highest BCUT2D eigenvalue weighted by molar-refractivity contribution is 5.25. The van der Waals surface area contributed by atoms with E-state index in [0.29, 0.717) is 25.5 Å². The second-order valence-corrected chi connectivity index (χ2v) is 2.43. The second-order valence-electron chi connectivity index (χ2n) is 2.43. The van der Waals surface area contributed by atoms with E-state index in [9.17, 15) is 0 Å². The highest BCUT2D eigenvalue weighted by Gasteiger charge is 1.99. The Kier molecular flexibility index (Phi) is 3.35. The summed E-state index contributed by atoms with van der Waals surface area (Å²) >= 11 is 0. The molecule has 0 aliphatic carbocycles. The normalized spacial score (nSPS) is 10.2. The van der Waals surface area contributed by atoms with Crippen LogP contribution in [-0.4, -0.2) is 28.0 Å². The highest BCUT2D eigenvalue weighted by Crippen LogP contribution is 1.97. The Hall–Kier alpha value is -1.47. The van der Waals surface area contributed by atoms with E-state index in [1.165, 1.54) is 0 Å². The predicted molar refractivity (Wildman–Crippen MR) is 49.4 cm³/mol. The molecule has 1 aromatic heterocycles. The number of aromatic nitrogens is 3. The molecule has 0 saturated heterocycles. The topological polar surface area (TPSA) is 129 Å². The third-order valence-corrected chi connectivity index (χ3v) is 1.32. The Morgan fingerprint density at radius 2 is 1.69 bits per heavy atom. The molecule has 13 heavy (non-hydrogen) atoms. The van der Waals surface area contributed by atoms with Gasteiger partial charge in [-0.15, -0.1) is 0 Å². The van der Waals surface area contributed by atoms with Crippen LogP contribution in [0.25, 0.3) is 0 Å². The summed E-state index contributed by atoms with van der Waals surface area (Å²) in [6.45, 7) is 1.76. The standard InChI is InChI=1S/C6H13N7/c7-1-2-10-3-4-11-5(8)13-6(9)12-4/h10H,1-3,7H2,(H4,8,9,11,12,13). The summed E-state index contributed by atoms with van der Waals surface area (Å²) in [6, 6.07) is 0. The van der Waals surface area contributed by atoms with Crippen molar-refractivity contribution >= 4 is 11.9 Å². The van der Waals surface area contributed by atoms with Gasteiger partial charge < -0.3 is 22.5 Å². The van der Waals surface area contributed by atoms with Crippen LogP contribution in [0.15, 0.2) is 0 Å². The number of nitrogens with zero attached hydrogens (tertiary/aromatic N) is 3. The van der Waals surface area contributed by atoms with Gasteiger partial charge in [-0.05, 0) is 0 Å². The van der Waals surface area contributed by atoms with Crippen LogP contribution in [0.1, 0.15) is 5.82 Å². The molecule has 0 aliphatic heterocycles. The Balaban J connectivity index is 2.56. The molecule has 0 aliphatic rings. The Bertz CT molecular complexity index is 253. The van der Waals surface area contributed by atoms with Gasteiger partial charge in [0.15, 0.2) is 0 Å². The first-order valence-corrected chi connectivity index (χ1v) is 3.89. The van der Waals surface area contributed by atoms with Gasteiger partial charge in [-0.25, -0.2) is 0 Å². The maximum absolute atomic E-state index is 5.37. The molecule has 0 saturated carbocycles. The molecular formula is C6H13N7. The molecule has 0 spiro atoms. The lowest BCUT2D eigenvalue weighted by Crippen LogP contribution is -2.23. The van der Waals surface area contributed by atoms with E-state index in [0.717, 1.165) is 0 Å². The smallest absolute Gasteiger partial charge is 0.225 e. The highest BCUT2D eigenvalue weighted by atomic mass is 15.1. The fraction of sp³-hybridized carbons (Fsp3) is 0.500. The van der Waals surface area contributed by atoms with Crippen LogP contribution in [0.5, 0.6) is 0 Å². The van der Waals surface area contributed by atoms with Crippen molar-refractivity contribution in [1.29, 1.82) is 0 Å². The summed E-state index contributed by atoms with van der Waals surface area (Å²) in [4.78, 5) is 11.4. The Morgan fingerprint density at radius 1 is 1.08 bits per heavy atom. The third kappa shape index (κ3) is 3.18. The van der Waals surface area contributed by atoms with Crippen molar-refractivity contribution in [1.82, 2.24) is 20.3 Å². The summed E-state index contributed by atoms with van der Waals surface area (Å²) < 4.78 is 0. The lowest BCUT2D eigenvalue weighted by molar-refractivity contribution is 0.665. The van der Waals surface area contributed by atoms with Crippen LogP contribution in [0.3, 0.4) is 0 Å². The van der Waals surface area contributed by atoms with E-state index in [-0.39, 0.29) is 11.9 Å². The van der Waals surface area contributed by atoms with E-state index >= 15 is 0 Å². The molecule has 7 nitrogen and oxygen atoms in total. The van der Waals surface area contributed by atoms with E-state index in [1.807, 2.05) is 0 Å². The quantitative estimate of drug-likeness (QED) is 0.400. The zero-order chi connectivity index (χ0) is 9.68. The second kappa shape index (κ2) is 4.53. The molecule has 0 unspecified atom stereocenters. The minimum absolute atomic E-state index is 0.136. The first kappa shape index (κ1) is 9.62. The molecule has 1 heterocycles. The summed E-state index contributed by atoms with van der Waals surface area (Å²) in [5.74, 6) is 0.799. The molecule has 72 valence electrons. The van der Waals surface area contributed by atoms with Crippen LogP contribution in [0.2, 0.25) is 0 Å². The van der Waals surface area contributed by atoms with Crippen molar-refractivity contribution in [2.24, 2.45) is 5.73 Å². The van der Waals surface area contributed by atoms with Gasteiger partial charge in [0.2, 0.25) is 11.9 Å². The lowest BCUT2D eigenvalue weighted by atomic mass is 10.5. The van der Waals surface area contributed by atoms with Gasteiger partial charge in [-0.3, -0.25) is 0 Å². The van der Waals surface area contributed by atoms with Crippen molar-refractivity contribution < 1.29 is 0 Å². The molecule has 7 N–H and O–H groups in total. The molecular weight excluding hydrogens is 170 g/mol. The molecule has 0 atom stereocenters. The molecule has 1 aromatic rings. The van der Waals surface area contributed by atoms with Gasteiger partial charge >= 0.3 is 0 Å². The summed E-state index contributed by atoms with van der Waals surface area (Å²) in [6.07, 6.45) is 0. The van der Waals surface area contributed by atoms with E-state index in [1.54, 1.807) is 0 Å². The van der Waals surface area contributed by atoms with Gasteiger partial charge in [-0.1, -0.05) is 0 Å². The molecule has 0 amide bonds. The fourth-order valence-corrected chi connectivity index (χ4v) is 0.838. The van der Waals surface area contributed by atoms with Crippen molar-refractivity contribution in [3.8, 4) is 0 Å². The van der Waals surface area contributed by atoms with Gasteiger partial charge in [0.05, 0.1) is 6.54 Å². The number of nitrogen functional groups attached to an aromatic ring is 2. The van der Waals surface area contributed by atoms with E-state index in [4.69, 9.17) is 17.2 Å². The van der Waals surface area contributed by atoms with E-state index in [2.05, 4.69) is 20.3 Å². The first-order chi connectivity index (χ1) is 6.22. The average Bonchev–Trinajstić information content (AvgIpc) is 2.03. The number of hydrogen-bond donors (Lipinski definition) is 4. The number of nitrogens with two attached hydrogens (primary N) is 3. The van der Waals surface area contributed by atoms with E-state index < -0.39 is 0 Å². The van der Waals surface area contributed by atoms with Crippen LogP contribution < -0.4 is 22.5 Å². The largest absolute Gasteiger partial charge is 0.368 e. The fourth-order valence-electron chi connectivity index (χ4n) is 0.838. The predicted octanol–water partition coefficient (Wildman–Crippen LogP) is -1.92. The van der Waals surface area contributed by atoms with Crippen LogP contribution in [-0.2, 0) is 6.54 Å². The van der Waals surface area contributed by atoms with Crippen molar-refractivity contribution in [3.05, 3.63) is 5.82 Å². The number of nitrogens with one attached hydrogen (secondary N) is 1. The Morgan fingerprint density at radius 3 is 2.23 bits per heavy atom. The maximum Gasteiger partial charge on any atom is 0.225 e. The zero-order valence-electron chi connectivity index (χ0n) is 7.20. The van der Waals surface area contributed by atoms with Gasteiger partial charge in [0.25, 0.3) is 0 Å². The van der Waals surface area contributed by atoms with Crippen LogP contribution in [0.4, 0.5) is 11.9 Å². The van der Waals surface area contributed by atoms with Crippen LogP contribution >= 0.6 is 0 Å². The lowest BCUT2D eigenvalue weighted by Gasteiger charge is -2.02. The molecule has 0 fully saturated rings. The maximum atomic E-state index is 5.37. The number of rotatable bonds is 4. The van der Waals surface area contributed by atoms with Crippen LogP contribution in [0, 0.1) is 0 Å². The minimum Gasteiger partial charge on any atom is -0.368 e. The molecule has 7 heteroatoms. The minimum atomic E-state index is 0.136. The number of anilines is 2. The summed E-state index contributed by atoms with van der Waals surface area (Å²) in [7, 11) is 0. The average molecular weight is 183 g/mol. The zero-order valence-corrected chi connectivity index (χ0v) is 7.20. The number of hydrogen-bond acceptors (Lipinski definition) is 7.